The fourth-order valence-electron chi connectivity index (χ4n) is 3.46. The zero-order valence-corrected chi connectivity index (χ0v) is 17.5. The molecule has 1 aliphatic heterocycles. The van der Waals surface area contributed by atoms with E-state index < -0.39 is 0 Å². The van der Waals surface area contributed by atoms with E-state index in [1.807, 2.05) is 24.3 Å². The van der Waals surface area contributed by atoms with Crippen LogP contribution in [0.4, 0.5) is 11.4 Å². The van der Waals surface area contributed by atoms with Crippen LogP contribution in [0.5, 0.6) is 0 Å². The third-order valence-corrected chi connectivity index (χ3v) is 6.13. The van der Waals surface area contributed by atoms with Crippen molar-refractivity contribution < 1.29 is 0 Å². The molecule has 4 rings (SSSR count). The van der Waals surface area contributed by atoms with Crippen molar-refractivity contribution in [2.45, 2.75) is 18.9 Å². The molecule has 26 heavy (non-hydrogen) atoms. The molecule has 2 nitrogen and oxygen atoms in total. The molecule has 3 aromatic rings. The van der Waals surface area contributed by atoms with E-state index in [4.69, 9.17) is 4.99 Å². The number of benzene rings is 3. The van der Waals surface area contributed by atoms with Gasteiger partial charge in [0.1, 0.15) is 0 Å². The van der Waals surface area contributed by atoms with Crippen molar-refractivity contribution in [2.24, 2.45) is 4.99 Å². The first kappa shape index (κ1) is 17.5. The Morgan fingerprint density at radius 3 is 2.27 bits per heavy atom. The maximum Gasteiger partial charge on any atom is 0.0864 e. The molecular formula is C22H18Br2N2. The molecule has 0 amide bonds. The number of rotatable bonds is 2. The van der Waals surface area contributed by atoms with Crippen LogP contribution < -0.4 is 5.32 Å². The Balaban J connectivity index is 1.92. The van der Waals surface area contributed by atoms with E-state index in [9.17, 15) is 0 Å². The molecule has 0 bridgehead atoms. The molecule has 0 saturated heterocycles. The average molecular weight is 470 g/mol. The molecule has 1 aliphatic rings. The van der Waals surface area contributed by atoms with Crippen LogP contribution in [0, 0.1) is 0 Å². The monoisotopic (exact) mass is 468 g/mol. The first-order chi connectivity index (χ1) is 12.6. The van der Waals surface area contributed by atoms with Gasteiger partial charge in [0.15, 0.2) is 0 Å². The Bertz CT molecular complexity index is 997. The smallest absolute Gasteiger partial charge is 0.0864 e. The van der Waals surface area contributed by atoms with Crippen molar-refractivity contribution in [1.29, 1.82) is 0 Å². The van der Waals surface area contributed by atoms with Crippen LogP contribution in [0.2, 0.25) is 0 Å². The molecule has 1 N–H and O–H groups in total. The van der Waals surface area contributed by atoms with Crippen LogP contribution in [0.1, 0.15) is 24.5 Å². The minimum atomic E-state index is -0.291. The normalized spacial score (nSPS) is 19.1. The summed E-state index contributed by atoms with van der Waals surface area (Å²) in [5.41, 5.74) is 5.14. The molecule has 130 valence electrons. The minimum absolute atomic E-state index is 0.291. The lowest BCUT2D eigenvalue weighted by Crippen LogP contribution is -2.34. The van der Waals surface area contributed by atoms with Crippen LogP contribution in [0.3, 0.4) is 0 Å². The second-order valence-corrected chi connectivity index (χ2v) is 8.38. The van der Waals surface area contributed by atoms with Gasteiger partial charge in [-0.2, -0.15) is 0 Å². The molecule has 1 atom stereocenters. The maximum atomic E-state index is 5.03. The number of hydrogen-bond acceptors (Lipinski definition) is 2. The summed E-state index contributed by atoms with van der Waals surface area (Å²) in [7, 11) is 0. The average Bonchev–Trinajstić information content (AvgIpc) is 2.78. The Morgan fingerprint density at radius 2 is 1.50 bits per heavy atom. The number of aliphatic imine (C=N–C) groups is 1. The van der Waals surface area contributed by atoms with Crippen molar-refractivity contribution in [1.82, 2.24) is 0 Å². The molecule has 1 heterocycles. The number of fused-ring (bicyclic) bond motifs is 1. The lowest BCUT2D eigenvalue weighted by Gasteiger charge is -2.33. The molecule has 3 aromatic carbocycles. The molecule has 0 saturated carbocycles. The molecule has 1 unspecified atom stereocenters. The van der Waals surface area contributed by atoms with Gasteiger partial charge in [-0.25, -0.2) is 0 Å². The van der Waals surface area contributed by atoms with Gasteiger partial charge in [0.05, 0.1) is 22.6 Å². The van der Waals surface area contributed by atoms with E-state index >= 15 is 0 Å². The van der Waals surface area contributed by atoms with Crippen molar-refractivity contribution in [3.05, 3.63) is 92.9 Å². The predicted molar refractivity (Wildman–Crippen MR) is 117 cm³/mol. The number of halogens is 2. The zero-order chi connectivity index (χ0) is 18.1. The lowest BCUT2D eigenvalue weighted by molar-refractivity contribution is 0.568. The summed E-state index contributed by atoms with van der Waals surface area (Å²) in [6.07, 6.45) is 0.771. The number of nitrogens with zero attached hydrogens (tertiary/aromatic N) is 1. The summed E-state index contributed by atoms with van der Waals surface area (Å²) >= 11 is 7.43. The van der Waals surface area contributed by atoms with Crippen molar-refractivity contribution >= 4 is 48.9 Å². The van der Waals surface area contributed by atoms with E-state index in [0.29, 0.717) is 0 Å². The van der Waals surface area contributed by atoms with Gasteiger partial charge < -0.3 is 5.32 Å². The van der Waals surface area contributed by atoms with Gasteiger partial charge in [0, 0.05) is 20.9 Å². The third kappa shape index (κ3) is 3.24. The number of para-hydroxylation sites is 2. The highest BCUT2D eigenvalue weighted by Gasteiger charge is 2.33. The zero-order valence-electron chi connectivity index (χ0n) is 14.3. The molecule has 4 heteroatoms. The lowest BCUT2D eigenvalue weighted by atomic mass is 9.85. The van der Waals surface area contributed by atoms with Gasteiger partial charge >= 0.3 is 0 Å². The van der Waals surface area contributed by atoms with E-state index in [2.05, 4.69) is 92.6 Å². The van der Waals surface area contributed by atoms with E-state index in [-0.39, 0.29) is 5.54 Å². The minimum Gasteiger partial charge on any atom is -0.374 e. The Morgan fingerprint density at radius 1 is 0.846 bits per heavy atom. The topological polar surface area (TPSA) is 24.4 Å². The van der Waals surface area contributed by atoms with Gasteiger partial charge in [0.25, 0.3) is 0 Å². The Hall–Kier alpha value is -1.91. The van der Waals surface area contributed by atoms with Crippen molar-refractivity contribution in [3.63, 3.8) is 0 Å². The van der Waals surface area contributed by atoms with Crippen molar-refractivity contribution in [3.8, 4) is 0 Å². The molecule has 0 aromatic heterocycles. The highest BCUT2D eigenvalue weighted by Crippen LogP contribution is 2.41. The van der Waals surface area contributed by atoms with Gasteiger partial charge in [-0.1, -0.05) is 80.4 Å². The van der Waals surface area contributed by atoms with Crippen LogP contribution in [-0.4, -0.2) is 5.71 Å². The number of hydrogen-bond donors (Lipinski definition) is 1. The second-order valence-electron chi connectivity index (χ2n) is 6.67. The molecule has 0 fully saturated rings. The summed E-state index contributed by atoms with van der Waals surface area (Å²) in [5, 5.41) is 3.75. The second kappa shape index (κ2) is 7.01. The largest absolute Gasteiger partial charge is 0.374 e. The Kier molecular flexibility index (Phi) is 4.72. The van der Waals surface area contributed by atoms with Gasteiger partial charge in [-0.05, 0) is 36.8 Å². The van der Waals surface area contributed by atoms with Crippen LogP contribution >= 0.6 is 31.9 Å². The molecule has 0 spiro atoms. The SMILES string of the molecule is CC1(c2ccccc2Br)CC(c2ccccc2Br)=Nc2ccccc2N1. The number of nitrogens with one attached hydrogen (secondary N) is 1. The first-order valence-electron chi connectivity index (χ1n) is 8.51. The van der Waals surface area contributed by atoms with E-state index in [1.165, 1.54) is 5.56 Å². The highest BCUT2D eigenvalue weighted by atomic mass is 79.9. The van der Waals surface area contributed by atoms with Gasteiger partial charge in [-0.3, -0.25) is 4.99 Å². The summed E-state index contributed by atoms with van der Waals surface area (Å²) < 4.78 is 2.16. The number of anilines is 1. The predicted octanol–water partition coefficient (Wildman–Crippen LogP) is 7.06. The van der Waals surface area contributed by atoms with Crippen LogP contribution in [0.25, 0.3) is 0 Å². The fourth-order valence-corrected chi connectivity index (χ4v) is 4.70. The van der Waals surface area contributed by atoms with Gasteiger partial charge in [0.2, 0.25) is 0 Å². The van der Waals surface area contributed by atoms with E-state index in [0.717, 1.165) is 38.0 Å². The summed E-state index contributed by atoms with van der Waals surface area (Å²) in [6, 6.07) is 24.9. The highest BCUT2D eigenvalue weighted by molar-refractivity contribution is 9.10. The van der Waals surface area contributed by atoms with Gasteiger partial charge in [-0.15, -0.1) is 0 Å². The molecular weight excluding hydrogens is 452 g/mol. The maximum absolute atomic E-state index is 5.03. The fraction of sp³-hybridized carbons (Fsp3) is 0.136. The molecule has 0 aliphatic carbocycles. The quantitative estimate of drug-likeness (QED) is 0.426. The van der Waals surface area contributed by atoms with Crippen LogP contribution in [-0.2, 0) is 5.54 Å². The first-order valence-corrected chi connectivity index (χ1v) is 10.1. The summed E-state index contributed by atoms with van der Waals surface area (Å²) in [5.74, 6) is 0. The standard InChI is InChI=1S/C22H18Br2N2/c1-22(16-9-3-5-11-18(16)24)14-21(15-8-2-4-10-17(15)23)25-19-12-6-7-13-20(19)26-22/h2-13,26H,14H2,1H3. The Labute approximate surface area is 170 Å². The van der Waals surface area contributed by atoms with E-state index in [1.54, 1.807) is 0 Å². The van der Waals surface area contributed by atoms with Crippen molar-refractivity contribution in [2.75, 3.05) is 5.32 Å². The third-order valence-electron chi connectivity index (χ3n) is 4.74. The summed E-state index contributed by atoms with van der Waals surface area (Å²) in [6.45, 7) is 2.24. The van der Waals surface area contributed by atoms with Crippen LogP contribution in [0.15, 0.2) is 86.7 Å². The summed E-state index contributed by atoms with van der Waals surface area (Å²) in [4.78, 5) is 5.03. The molecule has 0 radical (unpaired) electrons.